The number of hydrogen-bond acceptors (Lipinski definition) is 14. The van der Waals surface area contributed by atoms with E-state index in [9.17, 15) is 35.2 Å². The molecule has 10 rings (SSSR count). The third-order valence-corrected chi connectivity index (χ3v) is 16.3. The molecule has 0 amide bonds. The predicted molar refractivity (Wildman–Crippen MR) is 286 cm³/mol. The first-order chi connectivity index (χ1) is 36.5. The van der Waals surface area contributed by atoms with Gasteiger partial charge in [-0.2, -0.15) is 21.1 Å². The van der Waals surface area contributed by atoms with Crippen molar-refractivity contribution in [3.63, 3.8) is 0 Å². The zero-order valence-electron chi connectivity index (χ0n) is 40.8. The van der Waals surface area contributed by atoms with E-state index in [1.54, 1.807) is 54.1 Å². The molecule has 1 aliphatic carbocycles. The van der Waals surface area contributed by atoms with Gasteiger partial charge < -0.3 is 14.2 Å². The average Bonchev–Trinajstić information content (AvgIpc) is 4.03. The molecular formula is C50H47Br2F2N11O9S2. The summed E-state index contributed by atoms with van der Waals surface area (Å²) in [7, 11) is -3.22. The van der Waals surface area contributed by atoms with Crippen molar-refractivity contribution in [2.24, 2.45) is 0 Å². The van der Waals surface area contributed by atoms with Crippen LogP contribution in [0.3, 0.4) is 0 Å². The van der Waals surface area contributed by atoms with E-state index >= 15 is 0 Å². The monoisotopic (exact) mass is 1210 g/mol. The van der Waals surface area contributed by atoms with Crippen LogP contribution in [-0.2, 0) is 52.8 Å². The van der Waals surface area contributed by atoms with Crippen LogP contribution in [0.4, 0.5) is 20.4 Å². The Morgan fingerprint density at radius 1 is 0.671 bits per heavy atom. The lowest BCUT2D eigenvalue weighted by atomic mass is 9.95. The summed E-state index contributed by atoms with van der Waals surface area (Å²) in [5.74, 6) is 0.953. The third-order valence-electron chi connectivity index (χ3n) is 12.0. The van der Waals surface area contributed by atoms with Crippen molar-refractivity contribution in [1.82, 2.24) is 42.3 Å². The van der Waals surface area contributed by atoms with Crippen LogP contribution in [-0.4, -0.2) is 87.0 Å². The molecular weight excluding hydrogens is 1160 g/mol. The maximum atomic E-state index is 14.2. The van der Waals surface area contributed by atoms with Crippen LogP contribution in [0.2, 0.25) is 0 Å². The van der Waals surface area contributed by atoms with Crippen molar-refractivity contribution < 1.29 is 39.8 Å². The van der Waals surface area contributed by atoms with Gasteiger partial charge in [0.15, 0.2) is 0 Å². The maximum absolute atomic E-state index is 14.2. The van der Waals surface area contributed by atoms with E-state index in [1.807, 2.05) is 6.07 Å². The molecule has 0 saturated heterocycles. The Balaban J connectivity index is 0.000000154. The summed E-state index contributed by atoms with van der Waals surface area (Å²) >= 11 is 6.26. The van der Waals surface area contributed by atoms with Crippen molar-refractivity contribution in [2.75, 3.05) is 36.9 Å². The number of aryl methyl sites for hydroxylation is 1. The molecule has 0 unspecified atom stereocenters. The normalized spacial score (nSPS) is 13.1. The first-order valence-corrected chi connectivity index (χ1v) is 27.4. The maximum Gasteiger partial charge on any atom is 0.332 e. The molecule has 0 saturated carbocycles. The molecule has 2 aliphatic rings. The van der Waals surface area contributed by atoms with E-state index in [4.69, 9.17) is 14.2 Å². The first kappa shape index (κ1) is 54.9. The lowest BCUT2D eigenvalue weighted by Crippen LogP contribution is -2.41. The van der Waals surface area contributed by atoms with Gasteiger partial charge in [-0.1, -0.05) is 24.3 Å². The van der Waals surface area contributed by atoms with Crippen LogP contribution in [0.25, 0.3) is 11.4 Å². The number of rotatable bonds is 13. The van der Waals surface area contributed by atoms with Crippen LogP contribution in [0.5, 0.6) is 17.2 Å². The van der Waals surface area contributed by atoms with Gasteiger partial charge in [0.2, 0.25) is 0 Å². The van der Waals surface area contributed by atoms with Crippen molar-refractivity contribution in [3.8, 4) is 28.6 Å². The second-order valence-electron chi connectivity index (χ2n) is 16.6. The molecule has 8 aromatic rings. The fourth-order valence-corrected chi connectivity index (χ4v) is 11.4. The summed E-state index contributed by atoms with van der Waals surface area (Å²) in [5, 5.41) is 0. The van der Waals surface area contributed by atoms with Crippen molar-refractivity contribution >= 4 is 63.9 Å². The fraction of sp³-hybridized carbons (Fsp3) is 0.220. The van der Waals surface area contributed by atoms with Gasteiger partial charge in [-0.05, 0) is 105 Å². The van der Waals surface area contributed by atoms with Crippen molar-refractivity contribution in [1.29, 1.82) is 0 Å². The number of benzene rings is 3. The minimum atomic E-state index is -3.88. The molecule has 1 N–H and O–H groups in total. The lowest BCUT2D eigenvalue weighted by Gasteiger charge is -2.30. The fourth-order valence-electron chi connectivity index (χ4n) is 8.36. The predicted octanol–water partition coefficient (Wildman–Crippen LogP) is 7.36. The number of methoxy groups -OCH3 is 3. The van der Waals surface area contributed by atoms with Gasteiger partial charge in [0, 0.05) is 86.0 Å². The molecule has 0 bridgehead atoms. The number of ether oxygens (including phenoxy) is 3. The summed E-state index contributed by atoms with van der Waals surface area (Å²) in [6.45, 7) is 0.275. The smallest absolute Gasteiger partial charge is 0.332 e. The molecule has 396 valence electrons. The van der Waals surface area contributed by atoms with E-state index in [2.05, 4.69) is 61.5 Å². The molecule has 0 radical (unpaired) electrons. The topological polar surface area (TPSA) is 228 Å². The zero-order valence-corrected chi connectivity index (χ0v) is 45.6. The minimum Gasteiger partial charge on any atom is -0.497 e. The number of aromatic nitrogens is 8. The van der Waals surface area contributed by atoms with Gasteiger partial charge in [-0.15, -0.1) is 0 Å². The number of halogens is 4. The Bertz CT molecular complexity index is 3700. The van der Waals surface area contributed by atoms with Crippen LogP contribution in [0, 0.1) is 11.6 Å². The number of nitrogens with zero attached hydrogens (tertiary/aromatic N) is 10. The number of fused-ring (bicyclic) bond motifs is 2. The summed E-state index contributed by atoms with van der Waals surface area (Å²) in [4.78, 5) is 44.4. The highest BCUT2D eigenvalue weighted by molar-refractivity contribution is 9.10. The first-order valence-electron chi connectivity index (χ1n) is 23.0. The van der Waals surface area contributed by atoms with E-state index in [-0.39, 0.29) is 59.0 Å². The highest BCUT2D eigenvalue weighted by Gasteiger charge is 2.30. The number of nitrogens with one attached hydrogen (secondary N) is 1. The van der Waals surface area contributed by atoms with Gasteiger partial charge in [0.1, 0.15) is 59.5 Å². The van der Waals surface area contributed by atoms with Crippen molar-refractivity contribution in [3.05, 3.63) is 198 Å². The molecule has 26 heteroatoms. The second kappa shape index (κ2) is 24.1. The number of hydrogen-bond donors (Lipinski definition) is 1. The van der Waals surface area contributed by atoms with E-state index in [0.717, 1.165) is 46.5 Å². The zero-order chi connectivity index (χ0) is 54.1. The molecule has 3 aromatic carbocycles. The van der Waals surface area contributed by atoms with Crippen LogP contribution >= 0.6 is 31.9 Å². The molecule has 0 atom stereocenters. The van der Waals surface area contributed by atoms with Crippen LogP contribution < -0.4 is 34.4 Å². The number of pyridine rings is 2. The SMILES string of the molecule is COc1cc(Br)c(F)cc1-n1c2c(ccc1=O)CCCC2.COc1cc(Br)c(F)cc1-n1c2c(ccc1=O)CN(S(=O)(=O)Nc1ccncn1)CC2.COc1ccc(CN(c2ccncn2)S(=O)(=O)n2ccnc2)cc1. The molecule has 0 fully saturated rings. The number of anilines is 2. The Kier molecular flexibility index (Phi) is 17.4. The van der Waals surface area contributed by atoms with Gasteiger partial charge in [0.05, 0.1) is 48.2 Å². The molecule has 20 nitrogen and oxygen atoms in total. The summed E-state index contributed by atoms with van der Waals surface area (Å²) in [6.07, 6.45) is 13.7. The summed E-state index contributed by atoms with van der Waals surface area (Å²) < 4.78 is 105. The Hall–Kier alpha value is -7.39. The van der Waals surface area contributed by atoms with E-state index < -0.39 is 32.1 Å². The van der Waals surface area contributed by atoms with E-state index in [1.165, 1.54) is 108 Å². The Morgan fingerprint density at radius 2 is 1.26 bits per heavy atom. The second-order valence-corrected chi connectivity index (χ2v) is 21.8. The van der Waals surface area contributed by atoms with Crippen molar-refractivity contribution in [2.45, 2.75) is 45.2 Å². The van der Waals surface area contributed by atoms with Gasteiger partial charge in [-0.25, -0.2) is 42.0 Å². The molecule has 76 heavy (non-hydrogen) atoms. The van der Waals surface area contributed by atoms with Gasteiger partial charge in [-0.3, -0.25) is 23.4 Å². The molecule has 6 heterocycles. The van der Waals surface area contributed by atoms with E-state index in [0.29, 0.717) is 38.7 Å². The van der Waals surface area contributed by atoms with Crippen LogP contribution in [0.1, 0.15) is 40.9 Å². The van der Waals surface area contributed by atoms with Gasteiger partial charge >= 0.3 is 20.4 Å². The third kappa shape index (κ3) is 12.3. The lowest BCUT2D eigenvalue weighted by molar-refractivity contribution is 0.385. The quantitative estimate of drug-likeness (QED) is 0.119. The van der Waals surface area contributed by atoms with Gasteiger partial charge in [0.25, 0.3) is 11.1 Å². The Labute approximate surface area is 452 Å². The standard InChI is InChI=1S/C19H17BrFN5O4S.C16H15BrFNO2.C15H15N5O3S/c1-30-17-8-13(20)14(21)9-16(17)26-15-5-7-25(10-12(15)2-3-19(26)27)31(28,29)24-18-4-6-22-11-23-18;1-21-15-8-11(17)12(18)9-14(15)19-13-5-3-2-4-10(13)6-7-16(19)20;1-23-14-4-2-13(3-5-14)10-20(15-6-7-16-11-18-15)24(21,22)19-9-8-17-12-19/h2-4,6,8-9,11H,5,7,10H2,1H3,(H,22,23,24);6-9H,2-5H2,1H3;2-9,11-12H,10H2,1H3. The largest absolute Gasteiger partial charge is 0.497 e. The Morgan fingerprint density at radius 3 is 1.82 bits per heavy atom. The average molecular weight is 1210 g/mol. The highest BCUT2D eigenvalue weighted by Crippen LogP contribution is 2.33. The van der Waals surface area contributed by atoms with Crippen LogP contribution in [0.15, 0.2) is 147 Å². The molecule has 0 spiro atoms. The minimum absolute atomic E-state index is 0.0390. The summed E-state index contributed by atoms with van der Waals surface area (Å²) in [6, 6.07) is 22.0. The number of imidazole rings is 1. The molecule has 1 aliphatic heterocycles. The molecule has 5 aromatic heterocycles. The highest BCUT2D eigenvalue weighted by atomic mass is 79.9. The summed E-state index contributed by atoms with van der Waals surface area (Å²) in [5.41, 5.74) is 4.33.